The van der Waals surface area contributed by atoms with Crippen LogP contribution < -0.4 is 10.1 Å². The minimum absolute atomic E-state index is 0.0263. The van der Waals surface area contributed by atoms with Crippen molar-refractivity contribution in [3.8, 4) is 5.75 Å². The Morgan fingerprint density at radius 2 is 2.00 bits per heavy atom. The fraction of sp³-hybridized carbons (Fsp3) is 0.188. The zero-order chi connectivity index (χ0) is 15.0. The molecule has 0 fully saturated rings. The van der Waals surface area contributed by atoms with Gasteiger partial charge < -0.3 is 10.1 Å². The number of hydrogen-bond donors (Lipinski definition) is 1. The molecule has 1 aliphatic rings. The summed E-state index contributed by atoms with van der Waals surface area (Å²) in [5, 5.41) is 2.87. The topological polar surface area (TPSA) is 38.3 Å². The van der Waals surface area contributed by atoms with E-state index >= 15 is 0 Å². The SMILES string of the molecule is COc1ccccc1C(Cl)c1cc2c(cc1Cl)NC(=O)C2. The van der Waals surface area contributed by atoms with Crippen LogP contribution in [0.5, 0.6) is 5.75 Å². The quantitative estimate of drug-likeness (QED) is 0.861. The lowest BCUT2D eigenvalue weighted by molar-refractivity contribution is -0.115. The van der Waals surface area contributed by atoms with Gasteiger partial charge in [-0.15, -0.1) is 11.6 Å². The Hall–Kier alpha value is -1.71. The predicted octanol–water partition coefficient (Wildman–Crippen LogP) is 4.17. The standard InChI is InChI=1S/C16H13Cl2NO2/c1-21-14-5-3-2-4-10(14)16(18)11-6-9-7-15(20)19-13(9)8-12(11)17/h2-6,8,16H,7H2,1H3,(H,19,20). The number of rotatable bonds is 3. The summed E-state index contributed by atoms with van der Waals surface area (Å²) in [6.45, 7) is 0. The molecule has 0 saturated heterocycles. The van der Waals surface area contributed by atoms with Crippen molar-refractivity contribution in [1.82, 2.24) is 0 Å². The lowest BCUT2D eigenvalue weighted by Crippen LogP contribution is -2.03. The second kappa shape index (κ2) is 5.58. The molecule has 3 rings (SSSR count). The van der Waals surface area contributed by atoms with Gasteiger partial charge in [0.1, 0.15) is 5.75 Å². The summed E-state index contributed by atoms with van der Waals surface area (Å²) in [5.41, 5.74) is 3.30. The van der Waals surface area contributed by atoms with Crippen LogP contribution in [0.3, 0.4) is 0 Å². The van der Waals surface area contributed by atoms with Gasteiger partial charge in [-0.25, -0.2) is 0 Å². The number of anilines is 1. The lowest BCUT2D eigenvalue weighted by atomic mass is 10.00. The molecule has 1 N–H and O–H groups in total. The van der Waals surface area contributed by atoms with E-state index in [-0.39, 0.29) is 5.91 Å². The molecule has 0 aromatic heterocycles. The Morgan fingerprint density at radius 3 is 2.76 bits per heavy atom. The van der Waals surface area contributed by atoms with Crippen molar-refractivity contribution in [2.45, 2.75) is 11.8 Å². The molecule has 0 aliphatic carbocycles. The van der Waals surface area contributed by atoms with Crippen LogP contribution in [-0.2, 0) is 11.2 Å². The molecule has 2 aromatic rings. The van der Waals surface area contributed by atoms with E-state index < -0.39 is 5.38 Å². The second-order valence-corrected chi connectivity index (χ2v) is 5.70. The van der Waals surface area contributed by atoms with E-state index in [0.717, 1.165) is 22.4 Å². The van der Waals surface area contributed by atoms with Crippen molar-refractivity contribution in [1.29, 1.82) is 0 Å². The van der Waals surface area contributed by atoms with Gasteiger partial charge >= 0.3 is 0 Å². The van der Waals surface area contributed by atoms with E-state index in [1.165, 1.54) is 0 Å². The van der Waals surface area contributed by atoms with Crippen LogP contribution in [0.15, 0.2) is 36.4 Å². The number of halogens is 2. The maximum Gasteiger partial charge on any atom is 0.228 e. The number of amides is 1. The van der Waals surface area contributed by atoms with Crippen molar-refractivity contribution in [2.75, 3.05) is 12.4 Å². The zero-order valence-electron chi connectivity index (χ0n) is 11.3. The van der Waals surface area contributed by atoms with E-state index in [1.54, 1.807) is 13.2 Å². The summed E-state index contributed by atoms with van der Waals surface area (Å²) in [6, 6.07) is 11.2. The fourth-order valence-electron chi connectivity index (χ4n) is 2.50. The van der Waals surface area contributed by atoms with E-state index in [2.05, 4.69) is 5.32 Å². The van der Waals surface area contributed by atoms with Crippen molar-refractivity contribution in [3.63, 3.8) is 0 Å². The highest BCUT2D eigenvalue weighted by molar-refractivity contribution is 6.33. The average molecular weight is 322 g/mol. The van der Waals surface area contributed by atoms with Gasteiger partial charge in [0.05, 0.1) is 18.9 Å². The second-order valence-electron chi connectivity index (χ2n) is 4.86. The molecule has 0 radical (unpaired) electrons. The minimum atomic E-state index is -0.436. The van der Waals surface area contributed by atoms with Gasteiger partial charge in [0.2, 0.25) is 5.91 Å². The third kappa shape index (κ3) is 2.59. The monoisotopic (exact) mass is 321 g/mol. The molecule has 1 atom stereocenters. The molecule has 0 bridgehead atoms. The number of carbonyl (C=O) groups excluding carboxylic acids is 1. The first-order chi connectivity index (χ1) is 10.1. The molecule has 0 spiro atoms. The van der Waals surface area contributed by atoms with E-state index in [0.29, 0.717) is 17.2 Å². The van der Waals surface area contributed by atoms with Crippen LogP contribution in [0.2, 0.25) is 5.02 Å². The van der Waals surface area contributed by atoms with Crippen LogP contribution in [0.1, 0.15) is 22.1 Å². The smallest absolute Gasteiger partial charge is 0.228 e. The molecule has 3 nitrogen and oxygen atoms in total. The van der Waals surface area contributed by atoms with Crippen LogP contribution >= 0.6 is 23.2 Å². The lowest BCUT2D eigenvalue weighted by Gasteiger charge is -2.16. The zero-order valence-corrected chi connectivity index (χ0v) is 12.8. The first-order valence-corrected chi connectivity index (χ1v) is 7.30. The number of benzene rings is 2. The summed E-state index contributed by atoms with van der Waals surface area (Å²) in [5.74, 6) is 0.685. The highest BCUT2D eigenvalue weighted by Crippen LogP contribution is 2.41. The highest BCUT2D eigenvalue weighted by atomic mass is 35.5. The summed E-state index contributed by atoms with van der Waals surface area (Å²) < 4.78 is 5.34. The molecule has 1 amide bonds. The number of para-hydroxylation sites is 1. The molecule has 0 saturated carbocycles. The number of nitrogens with one attached hydrogen (secondary N) is 1. The highest BCUT2D eigenvalue weighted by Gasteiger charge is 2.24. The van der Waals surface area contributed by atoms with Crippen LogP contribution in [0.25, 0.3) is 0 Å². The summed E-state index contributed by atoms with van der Waals surface area (Å²) in [4.78, 5) is 11.5. The molecule has 5 heteroatoms. The maximum absolute atomic E-state index is 11.5. The number of fused-ring (bicyclic) bond motifs is 1. The number of ether oxygens (including phenoxy) is 1. The van der Waals surface area contributed by atoms with Crippen molar-refractivity contribution >= 4 is 34.8 Å². The number of carbonyl (C=O) groups is 1. The van der Waals surface area contributed by atoms with Gasteiger partial charge in [-0.3, -0.25) is 4.79 Å². The van der Waals surface area contributed by atoms with E-state index in [9.17, 15) is 4.79 Å². The molecule has 21 heavy (non-hydrogen) atoms. The fourth-order valence-corrected chi connectivity index (χ4v) is 3.19. The number of methoxy groups -OCH3 is 1. The Labute approximate surface area is 132 Å². The van der Waals surface area contributed by atoms with Gasteiger partial charge in [-0.05, 0) is 29.3 Å². The largest absolute Gasteiger partial charge is 0.496 e. The third-order valence-electron chi connectivity index (χ3n) is 3.53. The van der Waals surface area contributed by atoms with Gasteiger partial charge in [0.15, 0.2) is 0 Å². The molecular weight excluding hydrogens is 309 g/mol. The average Bonchev–Trinajstić information content (AvgIpc) is 2.84. The van der Waals surface area contributed by atoms with Gasteiger partial charge in [-0.1, -0.05) is 29.8 Å². The molecule has 1 unspecified atom stereocenters. The molecule has 1 heterocycles. The van der Waals surface area contributed by atoms with Crippen LogP contribution in [-0.4, -0.2) is 13.0 Å². The summed E-state index contributed by atoms with van der Waals surface area (Å²) in [6.07, 6.45) is 0.356. The third-order valence-corrected chi connectivity index (χ3v) is 4.33. The van der Waals surface area contributed by atoms with Gasteiger partial charge in [0, 0.05) is 16.3 Å². The summed E-state index contributed by atoms with van der Waals surface area (Å²) in [7, 11) is 1.61. The minimum Gasteiger partial charge on any atom is -0.496 e. The Bertz CT molecular complexity index is 715. The maximum atomic E-state index is 11.5. The summed E-state index contributed by atoms with van der Waals surface area (Å²) >= 11 is 12.9. The Balaban J connectivity index is 2.04. The normalized spacial score (nSPS) is 14.5. The predicted molar refractivity (Wildman–Crippen MR) is 84.5 cm³/mol. The van der Waals surface area contributed by atoms with Gasteiger partial charge in [-0.2, -0.15) is 0 Å². The Kier molecular flexibility index (Phi) is 3.79. The van der Waals surface area contributed by atoms with E-state index in [4.69, 9.17) is 27.9 Å². The van der Waals surface area contributed by atoms with Crippen LogP contribution in [0, 0.1) is 0 Å². The first-order valence-electron chi connectivity index (χ1n) is 6.49. The van der Waals surface area contributed by atoms with E-state index in [1.807, 2.05) is 30.3 Å². The first kappa shape index (κ1) is 14.2. The van der Waals surface area contributed by atoms with Crippen molar-refractivity contribution in [2.24, 2.45) is 0 Å². The van der Waals surface area contributed by atoms with Crippen molar-refractivity contribution < 1.29 is 9.53 Å². The number of hydrogen-bond acceptors (Lipinski definition) is 2. The van der Waals surface area contributed by atoms with Crippen LogP contribution in [0.4, 0.5) is 5.69 Å². The van der Waals surface area contributed by atoms with Crippen molar-refractivity contribution in [3.05, 3.63) is 58.1 Å². The Morgan fingerprint density at radius 1 is 1.24 bits per heavy atom. The molecular formula is C16H13Cl2NO2. The molecule has 2 aromatic carbocycles. The molecule has 1 aliphatic heterocycles. The number of alkyl halides is 1. The van der Waals surface area contributed by atoms with Gasteiger partial charge in [0.25, 0.3) is 0 Å². The molecule has 108 valence electrons.